The molecule has 0 spiro atoms. The zero-order chi connectivity index (χ0) is 19.4. The minimum Gasteiger partial charge on any atom is -0.354 e. The molecule has 0 aromatic carbocycles. The van der Waals surface area contributed by atoms with E-state index < -0.39 is 11.2 Å². The molecule has 2 aliphatic heterocycles. The number of nitrogens with one attached hydrogen (secondary N) is 2. The van der Waals surface area contributed by atoms with Crippen LogP contribution in [-0.4, -0.2) is 58.1 Å². The Morgan fingerprint density at radius 1 is 1.26 bits per heavy atom. The topological polar surface area (TPSA) is 105 Å². The molecule has 2 fully saturated rings. The number of aromatic nitrogens is 2. The van der Waals surface area contributed by atoms with E-state index in [-0.39, 0.29) is 30.3 Å². The molecule has 2 N–H and O–H groups in total. The second-order valence-corrected chi connectivity index (χ2v) is 7.37. The summed E-state index contributed by atoms with van der Waals surface area (Å²) in [5, 5.41) is 6.17. The van der Waals surface area contributed by atoms with E-state index >= 15 is 0 Å². The van der Waals surface area contributed by atoms with Gasteiger partial charge >= 0.3 is 5.69 Å². The molecule has 0 radical (unpaired) electrons. The van der Waals surface area contributed by atoms with Crippen LogP contribution in [0.4, 0.5) is 0 Å². The summed E-state index contributed by atoms with van der Waals surface area (Å²) in [6.07, 6.45) is 5.08. The molecule has 0 bridgehead atoms. The van der Waals surface area contributed by atoms with Gasteiger partial charge in [0.1, 0.15) is 6.54 Å². The highest BCUT2D eigenvalue weighted by Crippen LogP contribution is 2.16. The second-order valence-electron chi connectivity index (χ2n) is 7.37. The van der Waals surface area contributed by atoms with Crippen molar-refractivity contribution in [3.05, 3.63) is 33.1 Å². The molecule has 0 saturated carbocycles. The summed E-state index contributed by atoms with van der Waals surface area (Å²) in [4.78, 5) is 50.0. The molecule has 2 atom stereocenters. The quantitative estimate of drug-likeness (QED) is 0.660. The Morgan fingerprint density at radius 2 is 2.07 bits per heavy atom. The van der Waals surface area contributed by atoms with Gasteiger partial charge in [0.25, 0.3) is 5.56 Å². The third-order valence-corrected chi connectivity index (χ3v) is 5.38. The van der Waals surface area contributed by atoms with Gasteiger partial charge in [-0.3, -0.25) is 23.5 Å². The minimum atomic E-state index is -0.499. The number of amides is 2. The van der Waals surface area contributed by atoms with Gasteiger partial charge in [-0.1, -0.05) is 0 Å². The van der Waals surface area contributed by atoms with Gasteiger partial charge < -0.3 is 15.5 Å². The van der Waals surface area contributed by atoms with E-state index in [4.69, 9.17) is 0 Å². The summed E-state index contributed by atoms with van der Waals surface area (Å²) < 4.78 is 2.24. The van der Waals surface area contributed by atoms with Crippen molar-refractivity contribution in [3.8, 4) is 0 Å². The molecule has 9 heteroatoms. The molecular weight excluding hydrogens is 350 g/mol. The van der Waals surface area contributed by atoms with Crippen LogP contribution in [0.3, 0.4) is 0 Å². The first-order valence-corrected chi connectivity index (χ1v) is 9.51. The number of likely N-dealkylation sites (tertiary alicyclic amines) is 1. The molecule has 2 unspecified atom stereocenters. The average Bonchev–Trinajstić information content (AvgIpc) is 3.21. The summed E-state index contributed by atoms with van der Waals surface area (Å²) in [6, 6.07) is 1.18. The number of piperidine rings is 1. The summed E-state index contributed by atoms with van der Waals surface area (Å²) in [5.41, 5.74) is -0.894. The highest BCUT2D eigenvalue weighted by molar-refractivity contribution is 5.82. The molecule has 2 aliphatic rings. The number of carbonyl (C=O) groups excluding carboxylic acids is 2. The van der Waals surface area contributed by atoms with Crippen molar-refractivity contribution in [2.24, 2.45) is 13.0 Å². The fourth-order valence-electron chi connectivity index (χ4n) is 3.72. The summed E-state index contributed by atoms with van der Waals surface area (Å²) in [7, 11) is 1.39. The Labute approximate surface area is 157 Å². The van der Waals surface area contributed by atoms with Crippen molar-refractivity contribution < 1.29 is 9.59 Å². The highest BCUT2D eigenvalue weighted by Gasteiger charge is 2.26. The van der Waals surface area contributed by atoms with Gasteiger partial charge in [-0.25, -0.2) is 4.79 Å². The molecule has 3 rings (SSSR count). The first-order chi connectivity index (χ1) is 13.0. The van der Waals surface area contributed by atoms with Gasteiger partial charge in [0.15, 0.2) is 0 Å². The smallest absolute Gasteiger partial charge is 0.331 e. The molecule has 27 heavy (non-hydrogen) atoms. The predicted molar refractivity (Wildman–Crippen MR) is 99.3 cm³/mol. The molecule has 3 heterocycles. The van der Waals surface area contributed by atoms with Crippen molar-refractivity contribution >= 4 is 11.8 Å². The van der Waals surface area contributed by atoms with Crippen molar-refractivity contribution in [3.63, 3.8) is 0 Å². The number of hydrogen-bond donors (Lipinski definition) is 2. The Kier molecular flexibility index (Phi) is 6.10. The lowest BCUT2D eigenvalue weighted by atomic mass is 9.97. The van der Waals surface area contributed by atoms with E-state index in [2.05, 4.69) is 10.6 Å². The van der Waals surface area contributed by atoms with Crippen LogP contribution in [0.25, 0.3) is 0 Å². The lowest BCUT2D eigenvalue weighted by Gasteiger charge is -2.33. The zero-order valence-electron chi connectivity index (χ0n) is 15.6. The molecule has 9 nitrogen and oxygen atoms in total. The lowest BCUT2D eigenvalue weighted by Crippen LogP contribution is -2.48. The van der Waals surface area contributed by atoms with Crippen molar-refractivity contribution in [1.82, 2.24) is 24.7 Å². The molecular formula is C18H27N5O4. The molecule has 2 amide bonds. The van der Waals surface area contributed by atoms with Gasteiger partial charge in [0, 0.05) is 38.9 Å². The van der Waals surface area contributed by atoms with Crippen LogP contribution in [0.15, 0.2) is 21.9 Å². The Morgan fingerprint density at radius 3 is 2.81 bits per heavy atom. The Bertz CT molecular complexity index is 809. The molecule has 1 aromatic heterocycles. The molecule has 2 saturated heterocycles. The molecule has 1 aromatic rings. The van der Waals surface area contributed by atoms with Gasteiger partial charge in [-0.2, -0.15) is 0 Å². The van der Waals surface area contributed by atoms with Crippen LogP contribution in [0.5, 0.6) is 0 Å². The third-order valence-electron chi connectivity index (χ3n) is 5.38. The van der Waals surface area contributed by atoms with Gasteiger partial charge in [0.2, 0.25) is 11.8 Å². The fraction of sp³-hybridized carbons (Fsp3) is 0.667. The van der Waals surface area contributed by atoms with Crippen LogP contribution < -0.4 is 21.9 Å². The number of rotatable bonds is 5. The lowest BCUT2D eigenvalue weighted by molar-refractivity contribution is -0.133. The summed E-state index contributed by atoms with van der Waals surface area (Å²) in [6.45, 7) is 2.57. The third kappa shape index (κ3) is 4.65. The minimum absolute atomic E-state index is 0.0349. The van der Waals surface area contributed by atoms with E-state index in [0.29, 0.717) is 19.6 Å². The van der Waals surface area contributed by atoms with E-state index in [0.717, 1.165) is 36.8 Å². The molecule has 148 valence electrons. The van der Waals surface area contributed by atoms with E-state index in [1.807, 2.05) is 0 Å². The average molecular weight is 377 g/mol. The summed E-state index contributed by atoms with van der Waals surface area (Å²) >= 11 is 0. The monoisotopic (exact) mass is 377 g/mol. The highest BCUT2D eigenvalue weighted by atomic mass is 16.2. The van der Waals surface area contributed by atoms with Crippen molar-refractivity contribution in [2.75, 3.05) is 26.2 Å². The normalized spacial score (nSPS) is 22.6. The second kappa shape index (κ2) is 8.51. The summed E-state index contributed by atoms with van der Waals surface area (Å²) in [5.74, 6) is 0.0989. The standard InChI is InChI=1S/C18H27N5O4/c1-21-15(24)6-9-23(18(21)27)12-16(25)22-8-3-4-13(11-22)10-20-17(26)14-5-2-7-19-14/h6,9,13-14,19H,2-5,7-8,10-12H2,1H3,(H,20,26). The predicted octanol–water partition coefficient (Wildman–Crippen LogP) is -1.35. The number of carbonyl (C=O) groups is 2. The van der Waals surface area contributed by atoms with Gasteiger partial charge in [-0.15, -0.1) is 0 Å². The van der Waals surface area contributed by atoms with Crippen LogP contribution in [0.1, 0.15) is 25.7 Å². The Hall–Kier alpha value is -2.42. The van der Waals surface area contributed by atoms with Crippen LogP contribution in [-0.2, 0) is 23.2 Å². The molecule has 0 aliphatic carbocycles. The maximum Gasteiger partial charge on any atom is 0.331 e. The van der Waals surface area contributed by atoms with E-state index in [9.17, 15) is 19.2 Å². The zero-order valence-corrected chi connectivity index (χ0v) is 15.6. The number of nitrogens with zero attached hydrogens (tertiary/aromatic N) is 3. The van der Waals surface area contributed by atoms with Crippen molar-refractivity contribution in [1.29, 1.82) is 0 Å². The van der Waals surface area contributed by atoms with Crippen LogP contribution >= 0.6 is 0 Å². The first kappa shape index (κ1) is 19.3. The first-order valence-electron chi connectivity index (χ1n) is 9.51. The fourth-order valence-corrected chi connectivity index (χ4v) is 3.72. The van der Waals surface area contributed by atoms with Crippen LogP contribution in [0, 0.1) is 5.92 Å². The number of hydrogen-bond acceptors (Lipinski definition) is 5. The Balaban J connectivity index is 1.53. The largest absolute Gasteiger partial charge is 0.354 e. The van der Waals surface area contributed by atoms with Gasteiger partial charge in [0.05, 0.1) is 6.04 Å². The van der Waals surface area contributed by atoms with Crippen LogP contribution in [0.2, 0.25) is 0 Å². The van der Waals surface area contributed by atoms with Gasteiger partial charge in [-0.05, 0) is 38.1 Å². The van der Waals surface area contributed by atoms with E-state index in [1.165, 1.54) is 23.9 Å². The van der Waals surface area contributed by atoms with Crippen molar-refractivity contribution in [2.45, 2.75) is 38.3 Å². The SMILES string of the molecule is Cn1c(=O)ccn(CC(=O)N2CCCC(CNC(=O)C3CCCN3)C2)c1=O. The maximum absolute atomic E-state index is 12.6. The maximum atomic E-state index is 12.6. The van der Waals surface area contributed by atoms with E-state index in [1.54, 1.807) is 4.90 Å².